The Morgan fingerprint density at radius 3 is 2.41 bits per heavy atom. The second-order valence-corrected chi connectivity index (χ2v) is 7.33. The van der Waals surface area contributed by atoms with Crippen LogP contribution in [-0.4, -0.2) is 46.1 Å². The van der Waals surface area contributed by atoms with Gasteiger partial charge in [0.05, 0.1) is 19.0 Å². The van der Waals surface area contributed by atoms with Crippen LogP contribution in [-0.2, 0) is 24.9 Å². The molecule has 0 aliphatic carbocycles. The zero-order chi connectivity index (χ0) is 15.9. The van der Waals surface area contributed by atoms with Crippen molar-refractivity contribution in [2.24, 2.45) is 5.73 Å². The second-order valence-electron chi connectivity index (χ2n) is 5.07. The number of rotatable bonds is 8. The number of carbonyl (C=O) groups is 1. The molecule has 0 heterocycles. The number of hydrogen-bond acceptors (Lipinski definition) is 5. The maximum atomic E-state index is 12.1. The zero-order valence-electron chi connectivity index (χ0n) is 12.7. The molecular weight excluding hydrogens is 328 g/mol. The molecule has 126 valence electrons. The van der Waals surface area contributed by atoms with Crippen LogP contribution in [0, 0.1) is 0 Å². The molecule has 8 heteroatoms. The molecule has 1 atom stereocenters. The summed E-state index contributed by atoms with van der Waals surface area (Å²) in [7, 11) is -3.02. The number of carbonyl (C=O) groups excluding carboxylic acids is 1. The molecule has 1 rings (SSSR count). The third-order valence-electron chi connectivity index (χ3n) is 2.98. The van der Waals surface area contributed by atoms with Gasteiger partial charge >= 0.3 is 0 Å². The Morgan fingerprint density at radius 1 is 1.27 bits per heavy atom. The fraction of sp³-hybridized carbons (Fsp3) is 0.500. The summed E-state index contributed by atoms with van der Waals surface area (Å²) in [5.74, 6) is -0.333. The quantitative estimate of drug-likeness (QED) is 0.664. The Morgan fingerprint density at radius 2 is 1.86 bits per heavy atom. The largest absolute Gasteiger partial charge is 0.379 e. The minimum atomic E-state index is -3.02. The van der Waals surface area contributed by atoms with Crippen molar-refractivity contribution in [1.29, 1.82) is 0 Å². The Kier molecular flexibility index (Phi) is 8.62. The van der Waals surface area contributed by atoms with Crippen molar-refractivity contribution < 1.29 is 17.9 Å². The van der Waals surface area contributed by atoms with E-state index in [1.165, 1.54) is 0 Å². The number of amides is 1. The van der Waals surface area contributed by atoms with Crippen LogP contribution >= 0.6 is 12.4 Å². The van der Waals surface area contributed by atoms with E-state index in [1.807, 2.05) is 18.2 Å². The van der Waals surface area contributed by atoms with Gasteiger partial charge in [-0.3, -0.25) is 4.79 Å². The second kappa shape index (κ2) is 9.09. The zero-order valence-corrected chi connectivity index (χ0v) is 14.4. The van der Waals surface area contributed by atoms with Gasteiger partial charge in [0.25, 0.3) is 0 Å². The van der Waals surface area contributed by atoms with Gasteiger partial charge in [-0.15, -0.1) is 12.4 Å². The summed E-state index contributed by atoms with van der Waals surface area (Å²) >= 11 is 0. The Labute approximate surface area is 137 Å². The molecule has 0 radical (unpaired) electrons. The van der Waals surface area contributed by atoms with Crippen molar-refractivity contribution in [2.45, 2.75) is 12.5 Å². The van der Waals surface area contributed by atoms with Crippen LogP contribution in [0.1, 0.15) is 12.5 Å². The highest BCUT2D eigenvalue weighted by molar-refractivity contribution is 7.90. The Bertz CT molecular complexity index is 561. The molecule has 1 unspecified atom stereocenters. The summed E-state index contributed by atoms with van der Waals surface area (Å²) in [4.78, 5) is 12.1. The highest BCUT2D eigenvalue weighted by atomic mass is 35.5. The maximum Gasteiger partial charge on any atom is 0.244 e. The van der Waals surface area contributed by atoms with Gasteiger partial charge in [-0.25, -0.2) is 8.42 Å². The van der Waals surface area contributed by atoms with Gasteiger partial charge in [0.15, 0.2) is 0 Å². The number of sulfone groups is 1. The number of ether oxygens (including phenoxy) is 1. The van der Waals surface area contributed by atoms with Crippen LogP contribution in [0.5, 0.6) is 0 Å². The monoisotopic (exact) mass is 350 g/mol. The van der Waals surface area contributed by atoms with E-state index in [-0.39, 0.29) is 43.8 Å². The van der Waals surface area contributed by atoms with Crippen molar-refractivity contribution in [3.63, 3.8) is 0 Å². The molecule has 6 nitrogen and oxygen atoms in total. The molecule has 0 aliphatic heterocycles. The number of nitrogens with two attached hydrogens (primary N) is 1. The normalized spacial score (nSPS) is 13.8. The van der Waals surface area contributed by atoms with E-state index >= 15 is 0 Å². The molecule has 3 N–H and O–H groups in total. The van der Waals surface area contributed by atoms with Crippen LogP contribution in [0.15, 0.2) is 30.3 Å². The van der Waals surface area contributed by atoms with E-state index < -0.39 is 15.4 Å². The predicted octanol–water partition coefficient (Wildman–Crippen LogP) is 0.460. The summed E-state index contributed by atoms with van der Waals surface area (Å²) in [5.41, 5.74) is 5.65. The minimum Gasteiger partial charge on any atom is -0.379 e. The van der Waals surface area contributed by atoms with Gasteiger partial charge in [-0.1, -0.05) is 30.3 Å². The summed E-state index contributed by atoms with van der Waals surface area (Å²) in [6, 6.07) is 9.08. The summed E-state index contributed by atoms with van der Waals surface area (Å²) in [6.07, 6.45) is 1.15. The van der Waals surface area contributed by atoms with Gasteiger partial charge in [0, 0.05) is 12.8 Å². The lowest BCUT2D eigenvalue weighted by Gasteiger charge is -2.24. The van der Waals surface area contributed by atoms with Gasteiger partial charge in [-0.2, -0.15) is 0 Å². The van der Waals surface area contributed by atoms with Crippen LogP contribution < -0.4 is 11.1 Å². The molecule has 1 amide bonds. The smallest absolute Gasteiger partial charge is 0.244 e. The lowest BCUT2D eigenvalue weighted by atomic mass is 9.92. The summed E-state index contributed by atoms with van der Waals surface area (Å²) in [5, 5.41) is 2.68. The van der Waals surface area contributed by atoms with Gasteiger partial charge in [-0.05, 0) is 12.5 Å². The summed E-state index contributed by atoms with van der Waals surface area (Å²) in [6.45, 7) is 2.28. The standard InChI is InChI=1S/C14H22N2O4S.ClH/c1-14(15,12-6-4-3-5-7-12)13(17)16-8-9-20-10-11-21(2,18)19;/h3-7H,8-11,15H2,1-2H3,(H,16,17);1H. The molecule has 0 spiro atoms. The average Bonchev–Trinajstić information content (AvgIpc) is 2.42. The van der Waals surface area contributed by atoms with Crippen LogP contribution in [0.4, 0.5) is 0 Å². The topological polar surface area (TPSA) is 98.5 Å². The third-order valence-corrected chi connectivity index (χ3v) is 3.88. The molecule has 0 saturated heterocycles. The molecule has 0 aliphatic rings. The Balaban J connectivity index is 0.00000441. The molecular formula is C14H23ClN2O4S. The van der Waals surface area contributed by atoms with Gasteiger partial charge in [0.1, 0.15) is 15.4 Å². The Hall–Kier alpha value is -1.15. The first kappa shape index (κ1) is 20.9. The van der Waals surface area contributed by atoms with E-state index in [0.29, 0.717) is 0 Å². The number of hydrogen-bond donors (Lipinski definition) is 2. The predicted molar refractivity (Wildman–Crippen MR) is 88.8 cm³/mol. The van der Waals surface area contributed by atoms with Crippen molar-refractivity contribution in [3.8, 4) is 0 Å². The molecule has 0 bridgehead atoms. The number of nitrogens with one attached hydrogen (secondary N) is 1. The SMILES string of the molecule is CC(N)(C(=O)NCCOCCS(C)(=O)=O)c1ccccc1.Cl. The third kappa shape index (κ3) is 7.22. The average molecular weight is 351 g/mol. The van der Waals surface area contributed by atoms with Crippen molar-refractivity contribution in [2.75, 3.05) is 31.8 Å². The van der Waals surface area contributed by atoms with Crippen LogP contribution in [0.25, 0.3) is 0 Å². The molecule has 0 aromatic heterocycles. The van der Waals surface area contributed by atoms with E-state index in [9.17, 15) is 13.2 Å². The lowest BCUT2D eigenvalue weighted by Crippen LogP contribution is -2.49. The van der Waals surface area contributed by atoms with Crippen molar-refractivity contribution >= 4 is 28.2 Å². The van der Waals surface area contributed by atoms with Crippen molar-refractivity contribution in [3.05, 3.63) is 35.9 Å². The molecule has 1 aromatic rings. The molecule has 1 aromatic carbocycles. The first-order valence-corrected chi connectivity index (χ1v) is 8.68. The van der Waals surface area contributed by atoms with Crippen LogP contribution in [0.3, 0.4) is 0 Å². The highest BCUT2D eigenvalue weighted by Crippen LogP contribution is 2.16. The first-order chi connectivity index (χ1) is 9.73. The van der Waals surface area contributed by atoms with Gasteiger partial charge in [0.2, 0.25) is 5.91 Å². The van der Waals surface area contributed by atoms with E-state index in [1.54, 1.807) is 19.1 Å². The van der Waals surface area contributed by atoms with E-state index in [0.717, 1.165) is 11.8 Å². The number of benzene rings is 1. The van der Waals surface area contributed by atoms with Crippen LogP contribution in [0.2, 0.25) is 0 Å². The molecule has 0 fully saturated rings. The van der Waals surface area contributed by atoms with Gasteiger partial charge < -0.3 is 15.8 Å². The molecule has 0 saturated carbocycles. The first-order valence-electron chi connectivity index (χ1n) is 6.61. The minimum absolute atomic E-state index is 0. The fourth-order valence-electron chi connectivity index (χ4n) is 1.65. The number of halogens is 1. The van der Waals surface area contributed by atoms with E-state index in [2.05, 4.69) is 5.32 Å². The fourth-order valence-corrected chi connectivity index (χ4v) is 2.07. The summed E-state index contributed by atoms with van der Waals surface area (Å²) < 4.78 is 26.9. The van der Waals surface area contributed by atoms with Crippen molar-refractivity contribution in [1.82, 2.24) is 5.32 Å². The maximum absolute atomic E-state index is 12.1. The van der Waals surface area contributed by atoms with E-state index in [4.69, 9.17) is 10.5 Å². The lowest BCUT2D eigenvalue weighted by molar-refractivity contribution is -0.126. The molecule has 22 heavy (non-hydrogen) atoms. The highest BCUT2D eigenvalue weighted by Gasteiger charge is 2.29.